The molecule has 1 fully saturated rings. The second-order valence-corrected chi connectivity index (χ2v) is 3.44. The van der Waals surface area contributed by atoms with Gasteiger partial charge in [-0.2, -0.15) is 5.10 Å². The fraction of sp³-hybridized carbons (Fsp3) is 0.625. The summed E-state index contributed by atoms with van der Waals surface area (Å²) < 4.78 is 1.68. The van der Waals surface area contributed by atoms with Crippen molar-refractivity contribution in [1.29, 1.82) is 0 Å². The normalized spacial score (nSPS) is 22.1. The molecule has 2 rings (SSSR count). The highest BCUT2D eigenvalue weighted by atomic mass is 16.6. The summed E-state index contributed by atoms with van der Waals surface area (Å²) in [5, 5.41) is 17.7. The number of nitrogens with one attached hydrogen (secondary N) is 1. The molecule has 1 aliphatic rings. The third-order valence-corrected chi connectivity index (χ3v) is 2.44. The van der Waals surface area contributed by atoms with E-state index in [1.807, 2.05) is 0 Å². The highest BCUT2D eigenvalue weighted by Gasteiger charge is 2.18. The molecule has 0 bridgehead atoms. The van der Waals surface area contributed by atoms with E-state index >= 15 is 0 Å². The number of piperidine rings is 1. The van der Waals surface area contributed by atoms with Crippen LogP contribution < -0.4 is 5.32 Å². The SMILES string of the molecule is O=[N+]([O-])c1cnn([C@H]2CCCNC2)c1. The predicted octanol–water partition coefficient (Wildman–Crippen LogP) is 0.716. The first-order chi connectivity index (χ1) is 6.77. The van der Waals surface area contributed by atoms with E-state index in [0.717, 1.165) is 25.9 Å². The van der Waals surface area contributed by atoms with E-state index in [0.29, 0.717) is 0 Å². The Kier molecular flexibility index (Phi) is 2.45. The van der Waals surface area contributed by atoms with Crippen molar-refractivity contribution < 1.29 is 4.92 Å². The summed E-state index contributed by atoms with van der Waals surface area (Å²) in [5.74, 6) is 0. The molecule has 0 aliphatic carbocycles. The first-order valence-corrected chi connectivity index (χ1v) is 4.66. The van der Waals surface area contributed by atoms with Crippen LogP contribution in [0.2, 0.25) is 0 Å². The van der Waals surface area contributed by atoms with E-state index < -0.39 is 4.92 Å². The lowest BCUT2D eigenvalue weighted by atomic mass is 10.1. The van der Waals surface area contributed by atoms with E-state index in [1.54, 1.807) is 4.68 Å². The summed E-state index contributed by atoms with van der Waals surface area (Å²) in [4.78, 5) is 10.0. The van der Waals surface area contributed by atoms with Crippen LogP contribution in [0, 0.1) is 10.1 Å². The summed E-state index contributed by atoms with van der Waals surface area (Å²) >= 11 is 0. The quantitative estimate of drug-likeness (QED) is 0.558. The van der Waals surface area contributed by atoms with Crippen LogP contribution in [0.1, 0.15) is 18.9 Å². The third-order valence-electron chi connectivity index (χ3n) is 2.44. The fourth-order valence-electron chi connectivity index (χ4n) is 1.68. The average Bonchev–Trinajstić information content (AvgIpc) is 2.68. The van der Waals surface area contributed by atoms with Crippen LogP contribution in [-0.2, 0) is 0 Å². The highest BCUT2D eigenvalue weighted by molar-refractivity contribution is 5.21. The van der Waals surface area contributed by atoms with Crippen molar-refractivity contribution in [3.8, 4) is 0 Å². The molecule has 0 radical (unpaired) electrons. The van der Waals surface area contributed by atoms with Crippen LogP contribution in [0.4, 0.5) is 5.69 Å². The van der Waals surface area contributed by atoms with Gasteiger partial charge in [0.1, 0.15) is 12.4 Å². The van der Waals surface area contributed by atoms with Gasteiger partial charge in [0.05, 0.1) is 11.0 Å². The minimum Gasteiger partial charge on any atom is -0.315 e. The van der Waals surface area contributed by atoms with Crippen LogP contribution in [0.15, 0.2) is 12.4 Å². The minimum absolute atomic E-state index is 0.0653. The number of aromatic nitrogens is 2. The molecule has 76 valence electrons. The Labute approximate surface area is 81.1 Å². The van der Waals surface area contributed by atoms with Crippen LogP contribution in [-0.4, -0.2) is 27.8 Å². The molecule has 0 spiro atoms. The topological polar surface area (TPSA) is 73.0 Å². The molecule has 1 N–H and O–H groups in total. The molecule has 0 amide bonds. The second-order valence-electron chi connectivity index (χ2n) is 3.44. The highest BCUT2D eigenvalue weighted by Crippen LogP contribution is 2.18. The van der Waals surface area contributed by atoms with E-state index in [1.165, 1.54) is 12.4 Å². The van der Waals surface area contributed by atoms with Gasteiger partial charge >= 0.3 is 5.69 Å². The Morgan fingerprint density at radius 1 is 1.71 bits per heavy atom. The maximum Gasteiger partial charge on any atom is 0.307 e. The van der Waals surface area contributed by atoms with Gasteiger partial charge in [-0.05, 0) is 19.4 Å². The van der Waals surface area contributed by atoms with Gasteiger partial charge in [0.2, 0.25) is 0 Å². The number of hydrogen-bond acceptors (Lipinski definition) is 4. The molecule has 0 aromatic carbocycles. The van der Waals surface area contributed by atoms with E-state index in [4.69, 9.17) is 0 Å². The first kappa shape index (κ1) is 9.14. The summed E-state index contributed by atoms with van der Waals surface area (Å²) in [6, 6.07) is 0.262. The Morgan fingerprint density at radius 2 is 2.57 bits per heavy atom. The first-order valence-electron chi connectivity index (χ1n) is 4.66. The Bertz CT molecular complexity index is 330. The Hall–Kier alpha value is -1.43. The lowest BCUT2D eigenvalue weighted by Crippen LogP contribution is -2.31. The van der Waals surface area contributed by atoms with E-state index in [2.05, 4.69) is 10.4 Å². The molecular formula is C8H12N4O2. The molecule has 0 saturated carbocycles. The molecule has 14 heavy (non-hydrogen) atoms. The smallest absolute Gasteiger partial charge is 0.307 e. The lowest BCUT2D eigenvalue weighted by Gasteiger charge is -2.22. The lowest BCUT2D eigenvalue weighted by molar-refractivity contribution is -0.385. The summed E-state index contributed by atoms with van der Waals surface area (Å²) in [6.45, 7) is 1.87. The molecule has 6 heteroatoms. The van der Waals surface area contributed by atoms with E-state index in [-0.39, 0.29) is 11.7 Å². The Morgan fingerprint density at radius 3 is 3.14 bits per heavy atom. The molecular weight excluding hydrogens is 184 g/mol. The molecule has 1 aliphatic heterocycles. The molecule has 2 heterocycles. The molecule has 6 nitrogen and oxygen atoms in total. The van der Waals surface area contributed by atoms with Crippen molar-refractivity contribution in [3.05, 3.63) is 22.5 Å². The maximum absolute atomic E-state index is 10.4. The van der Waals surface area contributed by atoms with Crippen molar-refractivity contribution in [2.24, 2.45) is 0 Å². The van der Waals surface area contributed by atoms with Crippen LogP contribution >= 0.6 is 0 Å². The van der Waals surface area contributed by atoms with Gasteiger partial charge in [-0.1, -0.05) is 0 Å². The number of nitro groups is 1. The van der Waals surface area contributed by atoms with Crippen LogP contribution in [0.5, 0.6) is 0 Å². The van der Waals surface area contributed by atoms with Crippen LogP contribution in [0.25, 0.3) is 0 Å². The van der Waals surface area contributed by atoms with Gasteiger partial charge in [-0.25, -0.2) is 0 Å². The van der Waals surface area contributed by atoms with Gasteiger partial charge in [0, 0.05) is 6.54 Å². The number of rotatable bonds is 2. The monoisotopic (exact) mass is 196 g/mol. The minimum atomic E-state index is -0.417. The molecule has 1 saturated heterocycles. The molecule has 0 unspecified atom stereocenters. The molecule has 1 atom stereocenters. The summed E-state index contributed by atoms with van der Waals surface area (Å²) in [7, 11) is 0. The Balaban J connectivity index is 2.11. The van der Waals surface area contributed by atoms with Crippen molar-refractivity contribution in [3.63, 3.8) is 0 Å². The number of hydrogen-bond donors (Lipinski definition) is 1. The van der Waals surface area contributed by atoms with Crippen molar-refractivity contribution in [1.82, 2.24) is 15.1 Å². The van der Waals surface area contributed by atoms with Gasteiger partial charge in [-0.3, -0.25) is 14.8 Å². The van der Waals surface area contributed by atoms with E-state index in [9.17, 15) is 10.1 Å². The van der Waals surface area contributed by atoms with Crippen molar-refractivity contribution in [2.45, 2.75) is 18.9 Å². The van der Waals surface area contributed by atoms with Crippen molar-refractivity contribution in [2.75, 3.05) is 13.1 Å². The van der Waals surface area contributed by atoms with Crippen LogP contribution in [0.3, 0.4) is 0 Å². The fourth-order valence-corrected chi connectivity index (χ4v) is 1.68. The average molecular weight is 196 g/mol. The van der Waals surface area contributed by atoms with Crippen molar-refractivity contribution >= 4 is 5.69 Å². The number of nitrogens with zero attached hydrogens (tertiary/aromatic N) is 3. The zero-order chi connectivity index (χ0) is 9.97. The zero-order valence-corrected chi connectivity index (χ0v) is 7.72. The molecule has 1 aromatic heterocycles. The third kappa shape index (κ3) is 1.74. The summed E-state index contributed by atoms with van der Waals surface area (Å²) in [5.41, 5.74) is 0.0653. The zero-order valence-electron chi connectivity index (χ0n) is 7.72. The van der Waals surface area contributed by atoms with Gasteiger partial charge in [0.25, 0.3) is 0 Å². The largest absolute Gasteiger partial charge is 0.315 e. The predicted molar refractivity (Wildman–Crippen MR) is 50.0 cm³/mol. The summed E-state index contributed by atoms with van der Waals surface area (Å²) in [6.07, 6.45) is 4.93. The van der Waals surface area contributed by atoms with Gasteiger partial charge < -0.3 is 5.32 Å². The van der Waals surface area contributed by atoms with Gasteiger partial charge in [-0.15, -0.1) is 0 Å². The molecule has 1 aromatic rings. The standard InChI is InChI=1S/C8H12N4O2/c13-12(14)8-5-10-11(6-8)7-2-1-3-9-4-7/h5-7,9H,1-4H2/t7-/m0/s1. The maximum atomic E-state index is 10.4. The second kappa shape index (κ2) is 3.75. The van der Waals surface area contributed by atoms with Gasteiger partial charge in [0.15, 0.2) is 0 Å².